The Balaban J connectivity index is 4.46. The van der Waals surface area contributed by atoms with Crippen molar-refractivity contribution in [1.82, 2.24) is 0 Å². The molecular formula is C7H14B2FNOS. The van der Waals surface area contributed by atoms with Crippen LogP contribution in [0.4, 0.5) is 3.89 Å². The molecule has 0 aliphatic rings. The van der Waals surface area contributed by atoms with Gasteiger partial charge in [-0.2, -0.15) is 0 Å². The molecule has 2 nitrogen and oxygen atoms in total. The van der Waals surface area contributed by atoms with E-state index in [-0.39, 0.29) is 0 Å². The minimum Gasteiger partial charge on any atom is -0.227 e. The molecular weight excluding hydrogens is 187 g/mol. The molecule has 72 valence electrons. The third-order valence-electron chi connectivity index (χ3n) is 2.17. The van der Waals surface area contributed by atoms with Crippen LogP contribution in [0.2, 0.25) is 5.82 Å². The summed E-state index contributed by atoms with van der Waals surface area (Å²) >= 11 is 0. The highest BCUT2D eigenvalue weighted by molar-refractivity contribution is 7.90. The van der Waals surface area contributed by atoms with Gasteiger partial charge in [0.05, 0.1) is 15.7 Å². The molecule has 0 rings (SSSR count). The lowest BCUT2D eigenvalue weighted by Crippen LogP contribution is -2.37. The maximum atomic E-state index is 12.8. The van der Waals surface area contributed by atoms with E-state index in [4.69, 9.17) is 20.5 Å². The molecule has 3 unspecified atom stereocenters. The summed E-state index contributed by atoms with van der Waals surface area (Å²) in [7, 11) is 6.70. The normalized spacial score (nSPS) is 23.0. The smallest absolute Gasteiger partial charge is 0.195 e. The zero-order valence-electron chi connectivity index (χ0n) is 8.05. The van der Waals surface area contributed by atoms with Crippen LogP contribution in [0.15, 0.2) is 0 Å². The second-order valence-electron chi connectivity index (χ2n) is 3.42. The largest absolute Gasteiger partial charge is 0.227 e. The van der Waals surface area contributed by atoms with Gasteiger partial charge in [0, 0.05) is 4.65 Å². The van der Waals surface area contributed by atoms with Gasteiger partial charge in [-0.1, -0.05) is 38.9 Å². The molecule has 13 heavy (non-hydrogen) atoms. The van der Waals surface area contributed by atoms with Crippen LogP contribution in [0, 0.1) is 4.78 Å². The minimum atomic E-state index is -4.28. The predicted molar refractivity (Wildman–Crippen MR) is 55.2 cm³/mol. The van der Waals surface area contributed by atoms with E-state index in [2.05, 4.69) is 0 Å². The van der Waals surface area contributed by atoms with Crippen molar-refractivity contribution in [2.24, 2.45) is 0 Å². The van der Waals surface area contributed by atoms with E-state index in [0.717, 1.165) is 12.8 Å². The van der Waals surface area contributed by atoms with Crippen LogP contribution >= 0.6 is 0 Å². The Morgan fingerprint density at radius 1 is 1.69 bits per heavy atom. The molecule has 0 aromatic carbocycles. The second-order valence-corrected chi connectivity index (χ2v) is 5.27. The predicted octanol–water partition coefficient (Wildman–Crippen LogP) is 1.95. The van der Waals surface area contributed by atoms with Crippen LogP contribution < -0.4 is 0 Å². The second kappa shape index (κ2) is 4.49. The van der Waals surface area contributed by atoms with E-state index in [1.165, 1.54) is 6.92 Å². The molecule has 0 aliphatic heterocycles. The highest BCUT2D eigenvalue weighted by atomic mass is 32.3. The SMILES string of the molecule is [B]C(CCCC)C([B])(C)S(=N)(=O)F. The van der Waals surface area contributed by atoms with E-state index >= 15 is 0 Å². The maximum Gasteiger partial charge on any atom is 0.195 e. The van der Waals surface area contributed by atoms with Gasteiger partial charge >= 0.3 is 0 Å². The highest BCUT2D eigenvalue weighted by Crippen LogP contribution is 2.31. The lowest BCUT2D eigenvalue weighted by molar-refractivity contribution is 0.572. The fraction of sp³-hybridized carbons (Fsp3) is 1.00. The highest BCUT2D eigenvalue weighted by Gasteiger charge is 2.35. The summed E-state index contributed by atoms with van der Waals surface area (Å²) in [6, 6.07) is 0. The fourth-order valence-electron chi connectivity index (χ4n) is 0.905. The number of rotatable bonds is 5. The topological polar surface area (TPSA) is 40.9 Å². The Hall–Kier alpha value is 0.00987. The molecule has 0 saturated heterocycles. The number of unbranched alkanes of at least 4 members (excludes halogenated alkanes) is 1. The molecule has 0 bridgehead atoms. The molecule has 0 aromatic rings. The quantitative estimate of drug-likeness (QED) is 0.535. The van der Waals surface area contributed by atoms with Crippen LogP contribution in [0.5, 0.6) is 0 Å². The van der Waals surface area contributed by atoms with Gasteiger partial charge in [0.15, 0.2) is 10.1 Å². The number of halogens is 1. The summed E-state index contributed by atoms with van der Waals surface area (Å²) in [5, 5.41) is 0. The van der Waals surface area contributed by atoms with Crippen molar-refractivity contribution in [2.45, 2.75) is 43.6 Å². The summed E-state index contributed by atoms with van der Waals surface area (Å²) in [6.07, 6.45) is 2.20. The molecule has 1 N–H and O–H groups in total. The van der Waals surface area contributed by atoms with Crippen molar-refractivity contribution in [3.05, 3.63) is 0 Å². The molecule has 0 heterocycles. The summed E-state index contributed by atoms with van der Waals surface area (Å²) in [6.45, 7) is 3.19. The standard InChI is InChI=1S/C7H14B2FNOS/c1-3-4-5-6(8)7(2,9)13(10,11)12/h6,11H,3-5H2,1-2H3. The van der Waals surface area contributed by atoms with Crippen LogP contribution in [-0.2, 0) is 10.1 Å². The Bertz CT molecular complexity index is 253. The van der Waals surface area contributed by atoms with Gasteiger partial charge < -0.3 is 0 Å². The van der Waals surface area contributed by atoms with Crippen LogP contribution in [0.25, 0.3) is 0 Å². The van der Waals surface area contributed by atoms with Crippen molar-refractivity contribution in [3.63, 3.8) is 0 Å². The van der Waals surface area contributed by atoms with Crippen LogP contribution in [0.3, 0.4) is 0 Å². The molecule has 0 aromatic heterocycles. The lowest BCUT2D eigenvalue weighted by atomic mass is 9.65. The zero-order valence-corrected chi connectivity index (χ0v) is 8.86. The molecule has 0 amide bonds. The van der Waals surface area contributed by atoms with Crippen molar-refractivity contribution in [1.29, 1.82) is 4.78 Å². The van der Waals surface area contributed by atoms with Crippen molar-refractivity contribution in [3.8, 4) is 0 Å². The van der Waals surface area contributed by atoms with E-state index in [0.29, 0.717) is 6.42 Å². The van der Waals surface area contributed by atoms with Gasteiger partial charge in [-0.05, 0) is 0 Å². The van der Waals surface area contributed by atoms with E-state index in [1.54, 1.807) is 0 Å². The molecule has 0 fully saturated rings. The maximum absolute atomic E-state index is 12.8. The summed E-state index contributed by atoms with van der Waals surface area (Å²) in [4.78, 5) is 0. The van der Waals surface area contributed by atoms with E-state index < -0.39 is 20.6 Å². The molecule has 0 aliphatic carbocycles. The van der Waals surface area contributed by atoms with Gasteiger partial charge in [0.25, 0.3) is 0 Å². The Morgan fingerprint density at radius 3 is 2.46 bits per heavy atom. The van der Waals surface area contributed by atoms with Crippen molar-refractivity contribution >= 4 is 25.8 Å². The Kier molecular flexibility index (Phi) is 4.49. The van der Waals surface area contributed by atoms with Crippen molar-refractivity contribution in [2.75, 3.05) is 0 Å². The Morgan fingerprint density at radius 2 is 2.15 bits per heavy atom. The molecule has 6 heteroatoms. The third kappa shape index (κ3) is 3.33. The van der Waals surface area contributed by atoms with Crippen LogP contribution in [-0.4, -0.2) is 24.5 Å². The third-order valence-corrected chi connectivity index (χ3v) is 3.60. The van der Waals surface area contributed by atoms with Gasteiger partial charge in [0.2, 0.25) is 0 Å². The van der Waals surface area contributed by atoms with Crippen LogP contribution in [0.1, 0.15) is 33.1 Å². The number of hydrogen-bond donors (Lipinski definition) is 1. The fourth-order valence-corrected chi connectivity index (χ4v) is 1.41. The molecule has 4 radical (unpaired) electrons. The number of hydrogen-bond acceptors (Lipinski definition) is 2. The molecule has 0 spiro atoms. The van der Waals surface area contributed by atoms with Gasteiger partial charge in [-0.25, -0.2) is 8.99 Å². The zero-order chi connectivity index (χ0) is 10.7. The first-order valence-corrected chi connectivity index (χ1v) is 5.71. The first-order valence-electron chi connectivity index (χ1n) is 4.26. The van der Waals surface area contributed by atoms with Gasteiger partial charge in [-0.3, -0.25) is 0 Å². The summed E-state index contributed by atoms with van der Waals surface area (Å²) in [5.74, 6) is -0.734. The summed E-state index contributed by atoms with van der Waals surface area (Å²) in [5.41, 5.74) is 0. The van der Waals surface area contributed by atoms with Crippen molar-refractivity contribution < 1.29 is 8.09 Å². The van der Waals surface area contributed by atoms with E-state index in [9.17, 15) is 8.09 Å². The first kappa shape index (κ1) is 13.0. The van der Waals surface area contributed by atoms with E-state index in [1.807, 2.05) is 6.92 Å². The van der Waals surface area contributed by atoms with Gasteiger partial charge in [-0.15, -0.1) is 3.89 Å². The first-order chi connectivity index (χ1) is 5.73. The van der Waals surface area contributed by atoms with Gasteiger partial charge in [0.1, 0.15) is 0 Å². The average Bonchev–Trinajstić information content (AvgIpc) is 1.97. The molecule has 3 atom stereocenters. The number of nitrogens with one attached hydrogen (secondary N) is 1. The average molecular weight is 201 g/mol. The minimum absolute atomic E-state index is 0.489. The Labute approximate surface area is 82.8 Å². The molecule has 0 saturated carbocycles. The summed E-state index contributed by atoms with van der Waals surface area (Å²) < 4.78 is 28.7. The monoisotopic (exact) mass is 201 g/mol. The lowest BCUT2D eigenvalue weighted by Gasteiger charge is -2.30.